The molecule has 1 unspecified atom stereocenters. The molecule has 2 rings (SSSR count). The van der Waals surface area contributed by atoms with Crippen molar-refractivity contribution in [2.75, 3.05) is 6.54 Å². The van der Waals surface area contributed by atoms with Gasteiger partial charge in [-0.3, -0.25) is 4.68 Å². The molecule has 1 N–H and O–H groups in total. The Morgan fingerprint density at radius 3 is 2.86 bits per heavy atom. The number of benzene rings is 1. The molecule has 2 aromatic rings. The van der Waals surface area contributed by atoms with E-state index < -0.39 is 0 Å². The number of hydrogen-bond acceptors (Lipinski definition) is 2. The van der Waals surface area contributed by atoms with E-state index in [1.165, 1.54) is 19.2 Å². The van der Waals surface area contributed by atoms with Crippen molar-refractivity contribution < 1.29 is 0 Å². The van der Waals surface area contributed by atoms with Crippen LogP contribution in [-0.2, 0) is 13.0 Å². The van der Waals surface area contributed by atoms with Gasteiger partial charge in [0.2, 0.25) is 0 Å². The molecule has 0 bridgehead atoms. The minimum atomic E-state index is 0.309. The highest BCUT2D eigenvalue weighted by atomic mass is 127. The maximum Gasteiger partial charge on any atom is 0.0522 e. The average molecular weight is 462 g/mol. The van der Waals surface area contributed by atoms with Crippen molar-refractivity contribution in [1.82, 2.24) is 15.1 Å². The molecule has 21 heavy (non-hydrogen) atoms. The SMILES string of the molecule is CCCNC(Cc1cnn(CC)c1)c1cc(I)ccc1Br. The highest BCUT2D eigenvalue weighted by Crippen LogP contribution is 2.28. The molecule has 0 aliphatic rings. The number of halogens is 2. The summed E-state index contributed by atoms with van der Waals surface area (Å²) in [7, 11) is 0. The summed E-state index contributed by atoms with van der Waals surface area (Å²) in [6.07, 6.45) is 6.21. The van der Waals surface area contributed by atoms with Crippen molar-refractivity contribution in [1.29, 1.82) is 0 Å². The van der Waals surface area contributed by atoms with E-state index in [2.05, 4.69) is 87.2 Å². The lowest BCUT2D eigenvalue weighted by molar-refractivity contribution is 0.527. The van der Waals surface area contributed by atoms with Gasteiger partial charge in [0.1, 0.15) is 0 Å². The van der Waals surface area contributed by atoms with Crippen LogP contribution in [0.1, 0.15) is 37.4 Å². The smallest absolute Gasteiger partial charge is 0.0522 e. The Bertz CT molecular complexity index is 583. The lowest BCUT2D eigenvalue weighted by atomic mass is 10.0. The second-order valence-corrected chi connectivity index (χ2v) is 7.18. The molecule has 0 spiro atoms. The molecule has 0 radical (unpaired) electrons. The Morgan fingerprint density at radius 1 is 1.38 bits per heavy atom. The Labute approximate surface area is 148 Å². The first kappa shape index (κ1) is 17.0. The van der Waals surface area contributed by atoms with E-state index in [1.807, 2.05) is 10.9 Å². The lowest BCUT2D eigenvalue weighted by Gasteiger charge is -2.20. The number of nitrogens with one attached hydrogen (secondary N) is 1. The van der Waals surface area contributed by atoms with Gasteiger partial charge in [-0.25, -0.2) is 0 Å². The van der Waals surface area contributed by atoms with Crippen molar-refractivity contribution in [3.05, 3.63) is 49.8 Å². The van der Waals surface area contributed by atoms with E-state index in [0.29, 0.717) is 6.04 Å². The maximum atomic E-state index is 4.38. The normalized spacial score (nSPS) is 12.6. The first-order chi connectivity index (χ1) is 10.1. The lowest BCUT2D eigenvalue weighted by Crippen LogP contribution is -2.24. The minimum absolute atomic E-state index is 0.309. The van der Waals surface area contributed by atoms with Crippen LogP contribution in [-0.4, -0.2) is 16.3 Å². The zero-order valence-corrected chi connectivity index (χ0v) is 16.2. The fraction of sp³-hybridized carbons (Fsp3) is 0.438. The molecular formula is C16H21BrIN3. The van der Waals surface area contributed by atoms with Crippen molar-refractivity contribution in [2.24, 2.45) is 0 Å². The molecular weight excluding hydrogens is 441 g/mol. The van der Waals surface area contributed by atoms with Crippen molar-refractivity contribution >= 4 is 38.5 Å². The largest absolute Gasteiger partial charge is 0.310 e. The third-order valence-corrected chi connectivity index (χ3v) is 4.82. The summed E-state index contributed by atoms with van der Waals surface area (Å²) >= 11 is 6.06. The van der Waals surface area contributed by atoms with E-state index in [4.69, 9.17) is 0 Å². The highest BCUT2D eigenvalue weighted by Gasteiger charge is 2.16. The molecule has 1 heterocycles. The van der Waals surface area contributed by atoms with Crippen molar-refractivity contribution in [3.8, 4) is 0 Å². The third kappa shape index (κ3) is 4.79. The predicted molar refractivity (Wildman–Crippen MR) is 99.5 cm³/mol. The van der Waals surface area contributed by atoms with Gasteiger partial charge in [0.15, 0.2) is 0 Å². The van der Waals surface area contributed by atoms with E-state index in [9.17, 15) is 0 Å². The fourth-order valence-corrected chi connectivity index (χ4v) is 3.35. The van der Waals surface area contributed by atoms with Crippen molar-refractivity contribution in [2.45, 2.75) is 39.3 Å². The van der Waals surface area contributed by atoms with Crippen LogP contribution in [0.4, 0.5) is 0 Å². The monoisotopic (exact) mass is 461 g/mol. The first-order valence-corrected chi connectivity index (χ1v) is 9.20. The Balaban J connectivity index is 2.22. The fourth-order valence-electron chi connectivity index (χ4n) is 2.31. The highest BCUT2D eigenvalue weighted by molar-refractivity contribution is 14.1. The maximum absolute atomic E-state index is 4.38. The molecule has 0 fully saturated rings. The van der Waals surface area contributed by atoms with Gasteiger partial charge >= 0.3 is 0 Å². The van der Waals surface area contributed by atoms with Crippen LogP contribution in [0, 0.1) is 3.57 Å². The molecule has 3 nitrogen and oxygen atoms in total. The van der Waals surface area contributed by atoms with Gasteiger partial charge in [-0.1, -0.05) is 22.9 Å². The van der Waals surface area contributed by atoms with Gasteiger partial charge < -0.3 is 5.32 Å². The summed E-state index contributed by atoms with van der Waals surface area (Å²) in [6, 6.07) is 6.82. The predicted octanol–water partition coefficient (Wildman–Crippen LogP) is 4.55. The summed E-state index contributed by atoms with van der Waals surface area (Å²) in [4.78, 5) is 0. The average Bonchev–Trinajstić information content (AvgIpc) is 2.94. The van der Waals surface area contributed by atoms with E-state index in [-0.39, 0.29) is 0 Å². The minimum Gasteiger partial charge on any atom is -0.310 e. The van der Waals surface area contributed by atoms with Crippen LogP contribution in [0.5, 0.6) is 0 Å². The van der Waals surface area contributed by atoms with E-state index in [1.54, 1.807) is 0 Å². The molecule has 1 aromatic heterocycles. The third-order valence-electron chi connectivity index (χ3n) is 3.42. The summed E-state index contributed by atoms with van der Waals surface area (Å²) in [6.45, 7) is 6.24. The molecule has 0 saturated carbocycles. The van der Waals surface area contributed by atoms with Gasteiger partial charge in [0.25, 0.3) is 0 Å². The van der Waals surface area contributed by atoms with Crippen LogP contribution >= 0.6 is 38.5 Å². The van der Waals surface area contributed by atoms with Gasteiger partial charge in [-0.15, -0.1) is 0 Å². The summed E-state index contributed by atoms with van der Waals surface area (Å²) < 4.78 is 4.41. The second-order valence-electron chi connectivity index (χ2n) is 5.08. The standard InChI is InChI=1S/C16H21BrIN3/c1-3-7-19-16(8-12-10-20-21(4-2)11-12)14-9-13(18)5-6-15(14)17/h5-6,9-11,16,19H,3-4,7-8H2,1-2H3. The number of aryl methyl sites for hydroxylation is 1. The van der Waals surface area contributed by atoms with E-state index in [0.717, 1.165) is 25.9 Å². The van der Waals surface area contributed by atoms with Gasteiger partial charge in [-0.2, -0.15) is 5.10 Å². The first-order valence-electron chi connectivity index (χ1n) is 7.33. The van der Waals surface area contributed by atoms with Crippen LogP contribution in [0.15, 0.2) is 35.1 Å². The summed E-state index contributed by atoms with van der Waals surface area (Å²) in [5.74, 6) is 0. The van der Waals surface area contributed by atoms with Crippen LogP contribution in [0.2, 0.25) is 0 Å². The van der Waals surface area contributed by atoms with E-state index >= 15 is 0 Å². The number of hydrogen-bond donors (Lipinski definition) is 1. The summed E-state index contributed by atoms with van der Waals surface area (Å²) in [5, 5.41) is 8.04. The second kappa shape index (κ2) is 8.29. The Kier molecular flexibility index (Phi) is 6.70. The molecule has 1 atom stereocenters. The molecule has 0 amide bonds. The summed E-state index contributed by atoms with van der Waals surface area (Å²) in [5.41, 5.74) is 2.59. The van der Waals surface area contributed by atoms with Gasteiger partial charge in [0.05, 0.1) is 6.20 Å². The van der Waals surface area contributed by atoms with Gasteiger partial charge in [0, 0.05) is 26.8 Å². The molecule has 5 heteroatoms. The Hall–Kier alpha value is -0.400. The van der Waals surface area contributed by atoms with Crippen LogP contribution in [0.3, 0.4) is 0 Å². The molecule has 0 aliphatic heterocycles. The quantitative estimate of drug-likeness (QED) is 0.613. The topological polar surface area (TPSA) is 29.9 Å². The molecule has 0 aliphatic carbocycles. The van der Waals surface area contributed by atoms with Crippen molar-refractivity contribution in [3.63, 3.8) is 0 Å². The number of rotatable bonds is 7. The number of aromatic nitrogens is 2. The Morgan fingerprint density at radius 2 is 2.19 bits per heavy atom. The van der Waals surface area contributed by atoms with Gasteiger partial charge in [-0.05, 0) is 78.2 Å². The zero-order valence-electron chi connectivity index (χ0n) is 12.4. The molecule has 0 saturated heterocycles. The number of nitrogens with zero attached hydrogens (tertiary/aromatic N) is 2. The van der Waals surface area contributed by atoms with Crippen LogP contribution in [0.25, 0.3) is 0 Å². The zero-order chi connectivity index (χ0) is 15.2. The van der Waals surface area contributed by atoms with Crippen LogP contribution < -0.4 is 5.32 Å². The molecule has 114 valence electrons. The molecule has 1 aromatic carbocycles.